The molecule has 1 N–H and O–H groups in total. The van der Waals surface area contributed by atoms with Crippen molar-refractivity contribution in [1.29, 1.82) is 0 Å². The van der Waals surface area contributed by atoms with Crippen molar-refractivity contribution in [3.8, 4) is 11.5 Å². The van der Waals surface area contributed by atoms with Crippen molar-refractivity contribution in [3.63, 3.8) is 0 Å². The van der Waals surface area contributed by atoms with E-state index in [2.05, 4.69) is 15.3 Å². The molecule has 108 valence electrons. The van der Waals surface area contributed by atoms with E-state index in [4.69, 9.17) is 9.47 Å². The molecule has 1 rings (SSSR count). The highest BCUT2D eigenvalue weighted by Gasteiger charge is 2.07. The topological polar surface area (TPSA) is 86.2 Å². The van der Waals surface area contributed by atoms with Gasteiger partial charge in [-0.15, -0.1) is 0 Å². The molecule has 0 radical (unpaired) electrons. The molecule has 0 atom stereocenters. The van der Waals surface area contributed by atoms with Crippen LogP contribution in [-0.4, -0.2) is 32.0 Å². The molecule has 20 heavy (non-hydrogen) atoms. The fraction of sp³-hybridized carbons (Fsp3) is 0.308. The first-order chi connectivity index (χ1) is 9.56. The number of amides is 1. The molecule has 0 unspecified atom stereocenters. The van der Waals surface area contributed by atoms with Gasteiger partial charge in [0.15, 0.2) is 11.5 Å². The van der Waals surface area contributed by atoms with Crippen molar-refractivity contribution in [2.75, 3.05) is 13.7 Å². The minimum atomic E-state index is -0.632. The first-order valence-corrected chi connectivity index (χ1v) is 5.89. The molecule has 0 bridgehead atoms. The number of rotatable bonds is 5. The van der Waals surface area contributed by atoms with E-state index in [1.165, 1.54) is 20.2 Å². The zero-order valence-electron chi connectivity index (χ0n) is 11.5. The average molecular weight is 280 g/mol. The second-order valence-electron chi connectivity index (χ2n) is 3.59. The van der Waals surface area contributed by atoms with Crippen molar-refractivity contribution in [2.45, 2.75) is 13.8 Å². The second-order valence-corrected chi connectivity index (χ2v) is 3.59. The van der Waals surface area contributed by atoms with Gasteiger partial charge in [-0.2, -0.15) is 5.10 Å². The third-order valence-electron chi connectivity index (χ3n) is 2.09. The van der Waals surface area contributed by atoms with Gasteiger partial charge >= 0.3 is 12.1 Å². The Hall–Kier alpha value is -2.57. The molecule has 7 nitrogen and oxygen atoms in total. The van der Waals surface area contributed by atoms with Crippen molar-refractivity contribution < 1.29 is 23.8 Å². The number of nitrogens with one attached hydrogen (secondary N) is 1. The summed E-state index contributed by atoms with van der Waals surface area (Å²) in [5.74, 6) is 0.268. The predicted octanol–water partition coefficient (Wildman–Crippen LogP) is 1.70. The minimum absolute atomic E-state index is 0.270. The summed E-state index contributed by atoms with van der Waals surface area (Å²) >= 11 is 0. The molecule has 0 aromatic heterocycles. The average Bonchev–Trinajstić information content (AvgIpc) is 2.40. The van der Waals surface area contributed by atoms with Gasteiger partial charge in [0.25, 0.3) is 0 Å². The summed E-state index contributed by atoms with van der Waals surface area (Å²) < 4.78 is 14.7. The quantitative estimate of drug-likeness (QED) is 0.384. The maximum Gasteiger partial charge on any atom is 0.427 e. The van der Waals surface area contributed by atoms with Crippen LogP contribution in [0, 0.1) is 0 Å². The standard InChI is InChI=1S/C13H16N2O5/c1-4-19-13(17)15-14-8-10-5-6-11(20-9(2)16)12(7-10)18-3/h5-8H,4H2,1-3H3,(H,15,17)/b14-8-. The highest BCUT2D eigenvalue weighted by Crippen LogP contribution is 2.27. The zero-order chi connectivity index (χ0) is 15.0. The Morgan fingerprint density at radius 2 is 2.10 bits per heavy atom. The summed E-state index contributed by atoms with van der Waals surface area (Å²) in [6.45, 7) is 3.27. The third-order valence-corrected chi connectivity index (χ3v) is 2.09. The van der Waals surface area contributed by atoms with Crippen LogP contribution in [0.4, 0.5) is 4.79 Å². The number of ether oxygens (including phenoxy) is 3. The van der Waals surface area contributed by atoms with E-state index in [-0.39, 0.29) is 6.61 Å². The number of hydrogen-bond acceptors (Lipinski definition) is 6. The van der Waals surface area contributed by atoms with Crippen LogP contribution in [0.25, 0.3) is 0 Å². The third kappa shape index (κ3) is 4.97. The first-order valence-electron chi connectivity index (χ1n) is 5.89. The molecule has 7 heteroatoms. The van der Waals surface area contributed by atoms with Crippen LogP contribution in [-0.2, 0) is 9.53 Å². The monoisotopic (exact) mass is 280 g/mol. The Morgan fingerprint density at radius 1 is 1.35 bits per heavy atom. The molecule has 0 heterocycles. The summed E-state index contributed by atoms with van der Waals surface area (Å²) in [6.07, 6.45) is 0.782. The van der Waals surface area contributed by atoms with Gasteiger partial charge in [0.2, 0.25) is 0 Å². The molecule has 0 aliphatic heterocycles. The predicted molar refractivity (Wildman–Crippen MR) is 72.1 cm³/mol. The first kappa shape index (κ1) is 15.5. The van der Waals surface area contributed by atoms with Gasteiger partial charge in [-0.25, -0.2) is 10.2 Å². The molecule has 0 spiro atoms. The van der Waals surface area contributed by atoms with E-state index in [9.17, 15) is 9.59 Å². The number of benzene rings is 1. The summed E-state index contributed by atoms with van der Waals surface area (Å²) in [5.41, 5.74) is 2.86. The van der Waals surface area contributed by atoms with Crippen LogP contribution in [0.15, 0.2) is 23.3 Å². The van der Waals surface area contributed by atoms with Gasteiger partial charge in [0.1, 0.15) is 0 Å². The van der Waals surface area contributed by atoms with Crippen LogP contribution in [0.1, 0.15) is 19.4 Å². The second kappa shape index (κ2) is 7.78. The normalized spacial score (nSPS) is 10.2. The zero-order valence-corrected chi connectivity index (χ0v) is 11.5. The Morgan fingerprint density at radius 3 is 2.70 bits per heavy atom. The van der Waals surface area contributed by atoms with Crippen molar-refractivity contribution in [1.82, 2.24) is 5.43 Å². The van der Waals surface area contributed by atoms with Gasteiger partial charge in [0, 0.05) is 6.92 Å². The highest BCUT2D eigenvalue weighted by atomic mass is 16.6. The summed E-state index contributed by atoms with van der Waals surface area (Å²) in [4.78, 5) is 21.9. The van der Waals surface area contributed by atoms with Crippen molar-refractivity contribution >= 4 is 18.3 Å². The Balaban J connectivity index is 2.75. The number of carbonyl (C=O) groups is 2. The molecule has 1 amide bonds. The molecule has 0 aliphatic carbocycles. The van der Waals surface area contributed by atoms with Gasteiger partial charge < -0.3 is 14.2 Å². The van der Waals surface area contributed by atoms with E-state index < -0.39 is 12.1 Å². The van der Waals surface area contributed by atoms with E-state index in [0.717, 1.165) is 0 Å². The fourth-order valence-corrected chi connectivity index (χ4v) is 1.33. The van der Waals surface area contributed by atoms with Gasteiger partial charge in [0.05, 0.1) is 19.9 Å². The lowest BCUT2D eigenvalue weighted by atomic mass is 10.2. The number of methoxy groups -OCH3 is 1. The van der Waals surface area contributed by atoms with E-state index >= 15 is 0 Å². The van der Waals surface area contributed by atoms with Crippen molar-refractivity contribution in [3.05, 3.63) is 23.8 Å². The van der Waals surface area contributed by atoms with Crippen LogP contribution in [0.2, 0.25) is 0 Å². The molecule has 1 aromatic carbocycles. The highest BCUT2D eigenvalue weighted by molar-refractivity contribution is 5.82. The maximum absolute atomic E-state index is 11.0. The number of esters is 1. The number of nitrogens with zero attached hydrogens (tertiary/aromatic N) is 1. The van der Waals surface area contributed by atoms with Gasteiger partial charge in [-0.1, -0.05) is 0 Å². The van der Waals surface area contributed by atoms with Crippen LogP contribution < -0.4 is 14.9 Å². The van der Waals surface area contributed by atoms with Gasteiger partial charge in [-0.05, 0) is 30.7 Å². The number of carbonyl (C=O) groups excluding carboxylic acids is 2. The Labute approximate surface area is 116 Å². The van der Waals surface area contributed by atoms with E-state index in [1.807, 2.05) is 0 Å². The SMILES string of the molecule is CCOC(=O)N/N=C\c1ccc(OC(C)=O)c(OC)c1. The molecule has 0 saturated heterocycles. The maximum atomic E-state index is 11.0. The molecular formula is C13H16N2O5. The van der Waals surface area contributed by atoms with E-state index in [0.29, 0.717) is 17.1 Å². The molecular weight excluding hydrogens is 264 g/mol. The fourth-order valence-electron chi connectivity index (χ4n) is 1.33. The molecule has 0 saturated carbocycles. The number of hydrogen-bond donors (Lipinski definition) is 1. The van der Waals surface area contributed by atoms with E-state index in [1.54, 1.807) is 25.1 Å². The Bertz CT molecular complexity index is 513. The molecule has 1 aromatic rings. The summed E-state index contributed by atoms with van der Waals surface area (Å²) in [5, 5.41) is 3.71. The largest absolute Gasteiger partial charge is 0.493 e. The van der Waals surface area contributed by atoms with Crippen LogP contribution >= 0.6 is 0 Å². The number of hydrazone groups is 1. The molecule has 0 fully saturated rings. The lowest BCUT2D eigenvalue weighted by Crippen LogP contribution is -2.18. The van der Waals surface area contributed by atoms with Crippen LogP contribution in [0.5, 0.6) is 11.5 Å². The lowest BCUT2D eigenvalue weighted by Gasteiger charge is -2.08. The van der Waals surface area contributed by atoms with Crippen LogP contribution in [0.3, 0.4) is 0 Å². The smallest absolute Gasteiger partial charge is 0.427 e. The summed E-state index contributed by atoms with van der Waals surface area (Å²) in [7, 11) is 1.46. The lowest BCUT2D eigenvalue weighted by molar-refractivity contribution is -0.132. The minimum Gasteiger partial charge on any atom is -0.493 e. The molecule has 0 aliphatic rings. The Kier molecular flexibility index (Phi) is 6.02. The summed E-state index contributed by atoms with van der Waals surface area (Å²) in [6, 6.07) is 4.86. The van der Waals surface area contributed by atoms with Crippen molar-refractivity contribution in [2.24, 2.45) is 5.10 Å². The van der Waals surface area contributed by atoms with Gasteiger partial charge in [-0.3, -0.25) is 4.79 Å².